The Labute approximate surface area is 193 Å². The number of aliphatic carboxylic acids is 1. The van der Waals surface area contributed by atoms with Crippen LogP contribution >= 0.6 is 0 Å². The number of nitrogens with two attached hydrogens (primary N) is 1. The number of rotatable bonds is 19. The number of carbonyl (C=O) groups excluding carboxylic acids is 2. The summed E-state index contributed by atoms with van der Waals surface area (Å²) in [5.74, 6) is -1.96. The van der Waals surface area contributed by atoms with Crippen LogP contribution in [0.25, 0.3) is 0 Å². The fourth-order valence-corrected chi connectivity index (χ4v) is 3.11. The molecule has 4 N–H and O–H groups in total. The van der Waals surface area contributed by atoms with E-state index in [9.17, 15) is 14.4 Å². The molecule has 0 aliphatic rings. The van der Waals surface area contributed by atoms with E-state index < -0.39 is 17.9 Å². The molecular formula is C21H41N2NaO4. The van der Waals surface area contributed by atoms with Gasteiger partial charge in [0.05, 0.1) is 0 Å². The predicted octanol–water partition coefficient (Wildman–Crippen LogP) is 3.65. The van der Waals surface area contributed by atoms with E-state index in [1.807, 2.05) is 0 Å². The second kappa shape index (κ2) is 21.1. The number of carbonyl (C=O) groups is 3. The van der Waals surface area contributed by atoms with Crippen LogP contribution in [-0.4, -0.2) is 58.5 Å². The Hall–Kier alpha value is -0.590. The molecule has 2 amide bonds. The molecule has 0 saturated heterocycles. The van der Waals surface area contributed by atoms with Gasteiger partial charge >= 0.3 is 35.5 Å². The number of carboxylic acid groups (broad SMARTS) is 1. The van der Waals surface area contributed by atoms with E-state index in [0.717, 1.165) is 19.3 Å². The van der Waals surface area contributed by atoms with Gasteiger partial charge in [-0.15, -0.1) is 0 Å². The number of carboxylic acids is 1. The molecule has 1 atom stereocenters. The van der Waals surface area contributed by atoms with Crippen molar-refractivity contribution >= 4 is 47.3 Å². The average molecular weight is 409 g/mol. The van der Waals surface area contributed by atoms with Gasteiger partial charge in [0.2, 0.25) is 11.8 Å². The van der Waals surface area contributed by atoms with Crippen molar-refractivity contribution < 1.29 is 19.5 Å². The molecule has 0 aliphatic carbocycles. The summed E-state index contributed by atoms with van der Waals surface area (Å²) in [6, 6.07) is -1.04. The van der Waals surface area contributed by atoms with Crippen molar-refractivity contribution in [2.75, 3.05) is 0 Å². The van der Waals surface area contributed by atoms with Crippen LogP contribution in [0.1, 0.15) is 110 Å². The Morgan fingerprint density at radius 3 is 1.61 bits per heavy atom. The summed E-state index contributed by atoms with van der Waals surface area (Å²) < 4.78 is 0. The van der Waals surface area contributed by atoms with Crippen molar-refractivity contribution in [1.29, 1.82) is 0 Å². The minimum absolute atomic E-state index is 0. The van der Waals surface area contributed by atoms with E-state index in [0.29, 0.717) is 6.42 Å². The summed E-state index contributed by atoms with van der Waals surface area (Å²) in [7, 11) is 0. The van der Waals surface area contributed by atoms with Crippen molar-refractivity contribution in [2.45, 2.75) is 116 Å². The molecule has 0 bridgehead atoms. The summed E-state index contributed by atoms with van der Waals surface area (Å²) in [4.78, 5) is 33.6. The summed E-state index contributed by atoms with van der Waals surface area (Å²) in [6.45, 7) is 2.24. The van der Waals surface area contributed by atoms with Gasteiger partial charge < -0.3 is 16.2 Å². The molecule has 0 fully saturated rings. The Balaban J connectivity index is 0. The molecule has 0 radical (unpaired) electrons. The van der Waals surface area contributed by atoms with Gasteiger partial charge in [0.25, 0.3) is 0 Å². The van der Waals surface area contributed by atoms with Crippen LogP contribution in [0.2, 0.25) is 0 Å². The van der Waals surface area contributed by atoms with Crippen LogP contribution in [-0.2, 0) is 14.4 Å². The Bertz CT molecular complexity index is 419. The number of hydrogen-bond acceptors (Lipinski definition) is 3. The Morgan fingerprint density at radius 1 is 0.786 bits per heavy atom. The number of nitrogens with one attached hydrogen (secondary N) is 1. The van der Waals surface area contributed by atoms with Crippen LogP contribution in [0.4, 0.5) is 0 Å². The third kappa shape index (κ3) is 20.2. The van der Waals surface area contributed by atoms with Gasteiger partial charge in [-0.05, 0) is 12.8 Å². The molecule has 0 spiro atoms. The van der Waals surface area contributed by atoms with Crippen molar-refractivity contribution in [2.24, 2.45) is 5.73 Å². The van der Waals surface area contributed by atoms with Crippen LogP contribution in [0, 0.1) is 0 Å². The third-order valence-electron chi connectivity index (χ3n) is 4.82. The van der Waals surface area contributed by atoms with E-state index in [2.05, 4.69) is 12.2 Å². The Morgan fingerprint density at radius 2 is 1.21 bits per heavy atom. The van der Waals surface area contributed by atoms with Gasteiger partial charge in [0.15, 0.2) is 0 Å². The zero-order chi connectivity index (χ0) is 20.3. The molecule has 1 unspecified atom stereocenters. The Kier molecular flexibility index (Phi) is 22.3. The summed E-state index contributed by atoms with van der Waals surface area (Å²) >= 11 is 0. The minimum atomic E-state index is -1.13. The van der Waals surface area contributed by atoms with Gasteiger partial charge in [-0.1, -0.05) is 84.0 Å². The number of hydrogen-bond donors (Lipinski definition) is 3. The number of primary amides is 1. The average Bonchev–Trinajstić information content (AvgIpc) is 2.62. The second-order valence-corrected chi connectivity index (χ2v) is 7.46. The van der Waals surface area contributed by atoms with Crippen molar-refractivity contribution in [3.63, 3.8) is 0 Å². The quantitative estimate of drug-likeness (QED) is 0.224. The summed E-state index contributed by atoms with van der Waals surface area (Å²) in [5, 5.41) is 11.5. The molecule has 28 heavy (non-hydrogen) atoms. The van der Waals surface area contributed by atoms with E-state index in [1.165, 1.54) is 64.2 Å². The molecule has 6 nitrogen and oxygen atoms in total. The van der Waals surface area contributed by atoms with Crippen molar-refractivity contribution in [3.8, 4) is 0 Å². The molecule has 160 valence electrons. The van der Waals surface area contributed by atoms with Crippen LogP contribution < -0.4 is 11.1 Å². The molecule has 7 heteroatoms. The summed E-state index contributed by atoms with van der Waals surface area (Å²) in [5.41, 5.74) is 5.02. The zero-order valence-corrected chi connectivity index (χ0v) is 17.1. The molecule has 0 aliphatic heterocycles. The molecule has 0 heterocycles. The number of amides is 2. The first-order valence-corrected chi connectivity index (χ1v) is 10.8. The van der Waals surface area contributed by atoms with Gasteiger partial charge in [-0.25, -0.2) is 4.79 Å². The molecular weight excluding hydrogens is 367 g/mol. The van der Waals surface area contributed by atoms with Gasteiger partial charge in [-0.2, -0.15) is 0 Å². The fourth-order valence-electron chi connectivity index (χ4n) is 3.11. The van der Waals surface area contributed by atoms with E-state index in [-0.39, 0.29) is 48.3 Å². The molecule has 0 saturated carbocycles. The van der Waals surface area contributed by atoms with E-state index in [1.54, 1.807) is 0 Å². The van der Waals surface area contributed by atoms with Crippen LogP contribution in [0.15, 0.2) is 0 Å². The molecule has 0 rings (SSSR count). The van der Waals surface area contributed by atoms with Crippen LogP contribution in [0.3, 0.4) is 0 Å². The topological polar surface area (TPSA) is 109 Å². The van der Waals surface area contributed by atoms with Gasteiger partial charge in [0.1, 0.15) is 6.04 Å². The maximum atomic E-state index is 11.8. The van der Waals surface area contributed by atoms with E-state index in [4.69, 9.17) is 10.8 Å². The van der Waals surface area contributed by atoms with Gasteiger partial charge in [-0.3, -0.25) is 9.59 Å². The van der Waals surface area contributed by atoms with Crippen molar-refractivity contribution in [1.82, 2.24) is 5.32 Å². The third-order valence-corrected chi connectivity index (χ3v) is 4.82. The van der Waals surface area contributed by atoms with Crippen LogP contribution in [0.5, 0.6) is 0 Å². The zero-order valence-electron chi connectivity index (χ0n) is 17.1. The molecule has 0 aromatic rings. The first kappa shape index (κ1) is 29.6. The fraction of sp³-hybridized carbons (Fsp3) is 0.857. The first-order chi connectivity index (χ1) is 13.0. The SMILES string of the molecule is CCCCCCCCCCCCCCCC(=O)NC(CCC(N)=O)C(=O)O.[NaH]. The molecule has 0 aromatic carbocycles. The van der Waals surface area contributed by atoms with E-state index >= 15 is 0 Å². The monoisotopic (exact) mass is 408 g/mol. The molecule has 0 aromatic heterocycles. The number of unbranched alkanes of at least 4 members (excludes halogenated alkanes) is 12. The second-order valence-electron chi connectivity index (χ2n) is 7.46. The summed E-state index contributed by atoms with van der Waals surface area (Å²) in [6.07, 6.45) is 16.4. The standard InChI is InChI=1S/C21H40N2O4.Na.H/c1-2-3-4-5-6-7-8-9-10-11-12-13-14-15-20(25)23-18(21(26)27)16-17-19(22)24;;/h18H,2-17H2,1H3,(H2,22,24)(H,23,25)(H,26,27);;. The normalized spacial score (nSPS) is 11.5. The van der Waals surface area contributed by atoms with Crippen molar-refractivity contribution in [3.05, 3.63) is 0 Å². The maximum absolute atomic E-state index is 11.8. The first-order valence-electron chi connectivity index (χ1n) is 10.8. The van der Waals surface area contributed by atoms with Gasteiger partial charge in [0, 0.05) is 12.8 Å². The predicted molar refractivity (Wildman–Crippen MR) is 115 cm³/mol.